The van der Waals surface area contributed by atoms with Gasteiger partial charge in [-0.05, 0) is 59.5 Å². The summed E-state index contributed by atoms with van der Waals surface area (Å²) < 4.78 is 4.96. The molecule has 0 radical (unpaired) electrons. The topological polar surface area (TPSA) is 53.6 Å². The van der Waals surface area contributed by atoms with Crippen molar-refractivity contribution in [2.75, 3.05) is 39.9 Å². The van der Waals surface area contributed by atoms with Crippen molar-refractivity contribution in [2.24, 2.45) is 5.92 Å². The minimum atomic E-state index is -0.0562. The number of ether oxygens (including phenoxy) is 1. The Hall–Kier alpha value is -0.650. The van der Waals surface area contributed by atoms with Crippen molar-refractivity contribution in [3.63, 3.8) is 0 Å². The Morgan fingerprint density at radius 1 is 1.43 bits per heavy atom. The van der Waals surface area contributed by atoms with Crippen LogP contribution < -0.4 is 10.6 Å². The predicted octanol–water partition coefficient (Wildman–Crippen LogP) is 1.24. The molecule has 5 heteroatoms. The highest BCUT2D eigenvalue weighted by atomic mass is 16.5. The van der Waals surface area contributed by atoms with Crippen LogP contribution in [0.15, 0.2) is 0 Å². The molecule has 2 N–H and O–H groups in total. The van der Waals surface area contributed by atoms with Gasteiger partial charge in [-0.3, -0.25) is 9.69 Å². The second-order valence-electron chi connectivity index (χ2n) is 7.09. The highest BCUT2D eigenvalue weighted by Crippen LogP contribution is 2.18. The highest BCUT2D eigenvalue weighted by molar-refractivity contribution is 5.81. The number of nitrogens with zero attached hydrogens (tertiary/aromatic N) is 1. The van der Waals surface area contributed by atoms with Crippen LogP contribution in [0, 0.1) is 5.92 Å². The van der Waals surface area contributed by atoms with E-state index in [-0.39, 0.29) is 17.5 Å². The van der Waals surface area contributed by atoms with Gasteiger partial charge in [-0.2, -0.15) is 0 Å². The number of likely N-dealkylation sites (tertiary alicyclic amines) is 1. The number of carbonyl (C=O) groups is 1. The maximum atomic E-state index is 12.1. The molecule has 0 aromatic rings. The van der Waals surface area contributed by atoms with Crippen molar-refractivity contribution >= 4 is 5.91 Å². The summed E-state index contributed by atoms with van der Waals surface area (Å²) in [6, 6.07) is -0.0562. The summed E-state index contributed by atoms with van der Waals surface area (Å²) >= 11 is 0. The summed E-state index contributed by atoms with van der Waals surface area (Å²) in [6.45, 7) is 12.8. The van der Waals surface area contributed by atoms with Crippen LogP contribution in [0.3, 0.4) is 0 Å². The maximum absolute atomic E-state index is 12.1. The van der Waals surface area contributed by atoms with Gasteiger partial charge in [0.15, 0.2) is 0 Å². The fraction of sp³-hybridized carbons (Fsp3) is 0.938. The molecule has 1 heterocycles. The molecule has 1 saturated heterocycles. The van der Waals surface area contributed by atoms with Crippen LogP contribution in [0.4, 0.5) is 0 Å². The van der Waals surface area contributed by atoms with E-state index in [4.69, 9.17) is 4.74 Å². The smallest absolute Gasteiger partial charge is 0.237 e. The summed E-state index contributed by atoms with van der Waals surface area (Å²) in [6.07, 6.45) is 2.42. The SMILES string of the molecule is COCCNC(=O)C(C)N1CCCC(CNC(C)(C)C)C1. The van der Waals surface area contributed by atoms with E-state index in [2.05, 4.69) is 36.3 Å². The zero-order chi connectivity index (χ0) is 15.9. The fourth-order valence-corrected chi connectivity index (χ4v) is 2.66. The van der Waals surface area contributed by atoms with Gasteiger partial charge in [-0.1, -0.05) is 0 Å². The monoisotopic (exact) mass is 299 g/mol. The standard InChI is InChI=1S/C16H33N3O2/c1-13(15(20)17-8-10-21-5)19-9-6-7-14(12-19)11-18-16(2,3)4/h13-14,18H,6-12H2,1-5H3,(H,17,20). The van der Waals surface area contributed by atoms with E-state index in [9.17, 15) is 4.79 Å². The number of methoxy groups -OCH3 is 1. The molecular weight excluding hydrogens is 266 g/mol. The summed E-state index contributed by atoms with van der Waals surface area (Å²) in [5, 5.41) is 6.51. The number of hydrogen-bond donors (Lipinski definition) is 2. The average Bonchev–Trinajstić information content (AvgIpc) is 2.44. The number of piperidine rings is 1. The number of amides is 1. The molecule has 0 aromatic carbocycles. The van der Waals surface area contributed by atoms with Crippen molar-refractivity contribution in [1.82, 2.24) is 15.5 Å². The molecule has 1 amide bonds. The first-order valence-electron chi connectivity index (χ1n) is 8.09. The third-order valence-corrected chi connectivity index (χ3v) is 4.00. The lowest BCUT2D eigenvalue weighted by molar-refractivity contribution is -0.126. The Morgan fingerprint density at radius 3 is 2.76 bits per heavy atom. The van der Waals surface area contributed by atoms with Crippen molar-refractivity contribution in [3.8, 4) is 0 Å². The Labute approximate surface area is 129 Å². The number of nitrogens with one attached hydrogen (secondary N) is 2. The molecule has 1 aliphatic heterocycles. The van der Waals surface area contributed by atoms with E-state index in [0.29, 0.717) is 19.1 Å². The highest BCUT2D eigenvalue weighted by Gasteiger charge is 2.27. The molecule has 2 unspecified atom stereocenters. The molecule has 5 nitrogen and oxygen atoms in total. The lowest BCUT2D eigenvalue weighted by Gasteiger charge is -2.37. The molecule has 124 valence electrons. The number of hydrogen-bond acceptors (Lipinski definition) is 4. The zero-order valence-electron chi connectivity index (χ0n) is 14.4. The van der Waals surface area contributed by atoms with Crippen LogP contribution in [-0.2, 0) is 9.53 Å². The molecule has 0 bridgehead atoms. The van der Waals surface area contributed by atoms with E-state index >= 15 is 0 Å². The maximum Gasteiger partial charge on any atom is 0.237 e. The lowest BCUT2D eigenvalue weighted by atomic mass is 9.95. The van der Waals surface area contributed by atoms with Crippen LogP contribution in [0.1, 0.15) is 40.5 Å². The summed E-state index contributed by atoms with van der Waals surface area (Å²) in [5.41, 5.74) is 0.158. The van der Waals surface area contributed by atoms with E-state index in [0.717, 1.165) is 19.6 Å². The fourth-order valence-electron chi connectivity index (χ4n) is 2.66. The van der Waals surface area contributed by atoms with E-state index in [1.54, 1.807) is 7.11 Å². The molecule has 0 spiro atoms. The molecule has 0 aliphatic carbocycles. The van der Waals surface area contributed by atoms with Crippen LogP contribution >= 0.6 is 0 Å². The normalized spacial score (nSPS) is 22.0. The van der Waals surface area contributed by atoms with Crippen molar-refractivity contribution in [2.45, 2.75) is 52.1 Å². The Morgan fingerprint density at radius 2 is 2.14 bits per heavy atom. The minimum absolute atomic E-state index is 0.0562. The van der Waals surface area contributed by atoms with Gasteiger partial charge in [0.1, 0.15) is 0 Å². The lowest BCUT2D eigenvalue weighted by Crippen LogP contribution is -2.51. The van der Waals surface area contributed by atoms with Crippen LogP contribution in [0.5, 0.6) is 0 Å². The van der Waals surface area contributed by atoms with E-state index in [1.165, 1.54) is 12.8 Å². The van der Waals surface area contributed by atoms with Crippen LogP contribution in [0.25, 0.3) is 0 Å². The second-order valence-corrected chi connectivity index (χ2v) is 7.09. The first-order chi connectivity index (χ1) is 9.83. The summed E-state index contributed by atoms with van der Waals surface area (Å²) in [4.78, 5) is 14.4. The molecule has 21 heavy (non-hydrogen) atoms. The molecule has 2 atom stereocenters. The third kappa shape index (κ3) is 7.25. The van der Waals surface area contributed by atoms with Crippen LogP contribution in [-0.4, -0.2) is 62.3 Å². The first-order valence-corrected chi connectivity index (χ1v) is 8.09. The van der Waals surface area contributed by atoms with Gasteiger partial charge in [0.25, 0.3) is 0 Å². The van der Waals surface area contributed by atoms with Gasteiger partial charge in [0.2, 0.25) is 5.91 Å². The molecule has 1 rings (SSSR count). The Bertz CT molecular complexity index is 315. The number of rotatable bonds is 7. The molecule has 0 saturated carbocycles. The molecular formula is C16H33N3O2. The van der Waals surface area contributed by atoms with Crippen LogP contribution in [0.2, 0.25) is 0 Å². The van der Waals surface area contributed by atoms with Gasteiger partial charge >= 0.3 is 0 Å². The molecule has 1 aliphatic rings. The first kappa shape index (κ1) is 18.4. The summed E-state index contributed by atoms with van der Waals surface area (Å²) in [5.74, 6) is 0.740. The molecule has 1 fully saturated rings. The predicted molar refractivity (Wildman–Crippen MR) is 86.4 cm³/mol. The quantitative estimate of drug-likeness (QED) is 0.695. The Balaban J connectivity index is 2.38. The zero-order valence-corrected chi connectivity index (χ0v) is 14.4. The van der Waals surface area contributed by atoms with Gasteiger partial charge in [-0.15, -0.1) is 0 Å². The molecule has 0 aromatic heterocycles. The van der Waals surface area contributed by atoms with E-state index < -0.39 is 0 Å². The van der Waals surface area contributed by atoms with Crippen molar-refractivity contribution in [3.05, 3.63) is 0 Å². The van der Waals surface area contributed by atoms with Gasteiger partial charge in [0.05, 0.1) is 12.6 Å². The minimum Gasteiger partial charge on any atom is -0.383 e. The third-order valence-electron chi connectivity index (χ3n) is 4.00. The summed E-state index contributed by atoms with van der Waals surface area (Å²) in [7, 11) is 1.65. The van der Waals surface area contributed by atoms with Crippen molar-refractivity contribution in [1.29, 1.82) is 0 Å². The van der Waals surface area contributed by atoms with Gasteiger partial charge < -0.3 is 15.4 Å². The van der Waals surface area contributed by atoms with Gasteiger partial charge in [0, 0.05) is 25.7 Å². The average molecular weight is 299 g/mol. The largest absolute Gasteiger partial charge is 0.383 e. The number of carbonyl (C=O) groups excluding carboxylic acids is 1. The van der Waals surface area contributed by atoms with Gasteiger partial charge in [-0.25, -0.2) is 0 Å². The Kier molecular flexibility index (Phi) is 7.63. The second kappa shape index (κ2) is 8.71. The van der Waals surface area contributed by atoms with E-state index in [1.807, 2.05) is 6.92 Å². The van der Waals surface area contributed by atoms with Crippen molar-refractivity contribution < 1.29 is 9.53 Å².